The Kier molecular flexibility index (Phi) is 5.66. The number of nitrogens with two attached hydrogens (primary N) is 1. The molecule has 0 aliphatic rings. The summed E-state index contributed by atoms with van der Waals surface area (Å²) in [5, 5.41) is 0.769. The van der Waals surface area contributed by atoms with Gasteiger partial charge in [0.25, 0.3) is 0 Å². The molecular weight excluding hydrogens is 395 g/mol. The normalized spacial score (nSPS) is 12.5. The third-order valence-corrected chi connectivity index (χ3v) is 5.37. The van der Waals surface area contributed by atoms with Gasteiger partial charge in [0.1, 0.15) is 0 Å². The van der Waals surface area contributed by atoms with Gasteiger partial charge in [-0.2, -0.15) is 0 Å². The summed E-state index contributed by atoms with van der Waals surface area (Å²) in [5.41, 5.74) is 9.29. The molecule has 2 aromatic carbocycles. The fraction of sp³-hybridized carbons (Fsp3) is 0.294. The molecule has 0 aromatic heterocycles. The highest BCUT2D eigenvalue weighted by Gasteiger charge is 2.15. The van der Waals surface area contributed by atoms with Crippen molar-refractivity contribution >= 4 is 34.2 Å². The SMILES string of the molecule is Cc1cc(C)c(CC(NN)c2ccc(I)c(Cl)c2)c(C)c1. The Balaban J connectivity index is 2.33. The van der Waals surface area contributed by atoms with Crippen LogP contribution >= 0.6 is 34.2 Å². The standard InChI is InChI=1S/C17H20ClIN2/c1-10-6-11(2)14(12(3)7-10)9-17(21-20)13-4-5-16(19)15(18)8-13/h4-8,17,21H,9,20H2,1-3H3. The first kappa shape index (κ1) is 16.7. The van der Waals surface area contributed by atoms with E-state index >= 15 is 0 Å². The number of hydrogen-bond donors (Lipinski definition) is 2. The predicted molar refractivity (Wildman–Crippen MR) is 98.6 cm³/mol. The second-order valence-electron chi connectivity index (χ2n) is 5.47. The lowest BCUT2D eigenvalue weighted by Gasteiger charge is -2.20. The Morgan fingerprint density at radius 1 is 1.14 bits per heavy atom. The van der Waals surface area contributed by atoms with Gasteiger partial charge in [-0.15, -0.1) is 0 Å². The van der Waals surface area contributed by atoms with Crippen LogP contribution in [0.1, 0.15) is 33.9 Å². The first-order valence-electron chi connectivity index (χ1n) is 6.90. The van der Waals surface area contributed by atoms with Crippen molar-refractivity contribution in [3.8, 4) is 0 Å². The zero-order chi connectivity index (χ0) is 15.6. The smallest absolute Gasteiger partial charge is 0.0542 e. The molecule has 0 saturated heterocycles. The van der Waals surface area contributed by atoms with E-state index in [1.165, 1.54) is 22.3 Å². The highest BCUT2D eigenvalue weighted by molar-refractivity contribution is 14.1. The number of aryl methyl sites for hydroxylation is 3. The van der Waals surface area contributed by atoms with Crippen LogP contribution < -0.4 is 11.3 Å². The number of hydrazine groups is 1. The fourth-order valence-electron chi connectivity index (χ4n) is 2.74. The van der Waals surface area contributed by atoms with Crippen molar-refractivity contribution in [2.24, 2.45) is 5.84 Å². The van der Waals surface area contributed by atoms with E-state index in [0.29, 0.717) is 0 Å². The zero-order valence-electron chi connectivity index (χ0n) is 12.5. The van der Waals surface area contributed by atoms with E-state index in [-0.39, 0.29) is 6.04 Å². The number of benzene rings is 2. The van der Waals surface area contributed by atoms with Crippen LogP contribution in [0.3, 0.4) is 0 Å². The summed E-state index contributed by atoms with van der Waals surface area (Å²) in [5.74, 6) is 5.78. The summed E-state index contributed by atoms with van der Waals surface area (Å²) in [6.07, 6.45) is 0.853. The van der Waals surface area contributed by atoms with Crippen molar-refractivity contribution in [1.29, 1.82) is 0 Å². The quantitative estimate of drug-likeness (QED) is 0.435. The summed E-state index contributed by atoms with van der Waals surface area (Å²) < 4.78 is 1.05. The van der Waals surface area contributed by atoms with Crippen molar-refractivity contribution in [1.82, 2.24) is 5.43 Å². The molecule has 0 radical (unpaired) electrons. The van der Waals surface area contributed by atoms with Gasteiger partial charge in [0, 0.05) is 3.57 Å². The molecule has 0 aliphatic carbocycles. The third-order valence-electron chi connectivity index (χ3n) is 3.80. The molecule has 0 aliphatic heterocycles. The molecule has 2 nitrogen and oxygen atoms in total. The predicted octanol–water partition coefficient (Wildman–Crippen LogP) is 4.62. The fourth-order valence-corrected chi connectivity index (χ4v) is 3.26. The van der Waals surface area contributed by atoms with Crippen LogP contribution in [0.25, 0.3) is 0 Å². The summed E-state index contributed by atoms with van der Waals surface area (Å²) in [6.45, 7) is 6.44. The highest BCUT2D eigenvalue weighted by Crippen LogP contribution is 2.27. The highest BCUT2D eigenvalue weighted by atomic mass is 127. The Morgan fingerprint density at radius 3 is 2.29 bits per heavy atom. The van der Waals surface area contributed by atoms with Crippen molar-refractivity contribution in [3.63, 3.8) is 0 Å². The lowest BCUT2D eigenvalue weighted by molar-refractivity contribution is 0.549. The molecule has 112 valence electrons. The summed E-state index contributed by atoms with van der Waals surface area (Å²) in [6, 6.07) is 10.6. The van der Waals surface area contributed by atoms with Crippen LogP contribution in [0.5, 0.6) is 0 Å². The summed E-state index contributed by atoms with van der Waals surface area (Å²) in [7, 11) is 0. The molecule has 1 unspecified atom stereocenters. The minimum atomic E-state index is 0.0552. The van der Waals surface area contributed by atoms with Crippen LogP contribution in [-0.2, 0) is 6.42 Å². The number of rotatable bonds is 4. The van der Waals surface area contributed by atoms with Gasteiger partial charge < -0.3 is 0 Å². The molecule has 0 saturated carbocycles. The largest absolute Gasteiger partial charge is 0.271 e. The number of hydrogen-bond acceptors (Lipinski definition) is 2. The molecule has 0 amide bonds. The molecule has 0 spiro atoms. The van der Waals surface area contributed by atoms with Crippen LogP contribution in [0, 0.1) is 24.3 Å². The lowest BCUT2D eigenvalue weighted by atomic mass is 9.92. The van der Waals surface area contributed by atoms with E-state index in [9.17, 15) is 0 Å². The maximum atomic E-state index is 6.23. The van der Waals surface area contributed by atoms with E-state index in [0.717, 1.165) is 20.6 Å². The van der Waals surface area contributed by atoms with Gasteiger partial charge in [0.05, 0.1) is 11.1 Å². The second-order valence-corrected chi connectivity index (χ2v) is 7.04. The van der Waals surface area contributed by atoms with Gasteiger partial charge in [-0.3, -0.25) is 11.3 Å². The Hall–Kier alpha value is -0.620. The monoisotopic (exact) mass is 414 g/mol. The lowest BCUT2D eigenvalue weighted by Crippen LogP contribution is -2.30. The van der Waals surface area contributed by atoms with Gasteiger partial charge in [0.15, 0.2) is 0 Å². The molecule has 0 bridgehead atoms. The Labute approximate surface area is 145 Å². The molecule has 0 fully saturated rings. The molecule has 4 heteroatoms. The average Bonchev–Trinajstić information content (AvgIpc) is 2.41. The molecule has 21 heavy (non-hydrogen) atoms. The van der Waals surface area contributed by atoms with Crippen LogP contribution in [0.2, 0.25) is 5.02 Å². The van der Waals surface area contributed by atoms with Crippen LogP contribution in [0.4, 0.5) is 0 Å². The van der Waals surface area contributed by atoms with Gasteiger partial charge in [0.2, 0.25) is 0 Å². The van der Waals surface area contributed by atoms with Crippen molar-refractivity contribution < 1.29 is 0 Å². The van der Waals surface area contributed by atoms with Crippen molar-refractivity contribution in [3.05, 3.63) is 66.7 Å². The first-order chi connectivity index (χ1) is 9.92. The molecule has 2 aromatic rings. The van der Waals surface area contributed by atoms with E-state index in [2.05, 4.69) is 67.0 Å². The maximum Gasteiger partial charge on any atom is 0.0542 e. The van der Waals surface area contributed by atoms with Gasteiger partial charge in [-0.1, -0.05) is 35.4 Å². The van der Waals surface area contributed by atoms with Gasteiger partial charge >= 0.3 is 0 Å². The number of halogens is 2. The van der Waals surface area contributed by atoms with E-state index in [1.54, 1.807) is 0 Å². The molecule has 2 rings (SSSR count). The van der Waals surface area contributed by atoms with Crippen molar-refractivity contribution in [2.75, 3.05) is 0 Å². The first-order valence-corrected chi connectivity index (χ1v) is 8.36. The second kappa shape index (κ2) is 7.09. The summed E-state index contributed by atoms with van der Waals surface area (Å²) in [4.78, 5) is 0. The molecular formula is C17H20ClIN2. The topological polar surface area (TPSA) is 38.0 Å². The Bertz CT molecular complexity index is 632. The van der Waals surface area contributed by atoms with Crippen LogP contribution in [-0.4, -0.2) is 0 Å². The minimum absolute atomic E-state index is 0.0552. The summed E-state index contributed by atoms with van der Waals surface area (Å²) >= 11 is 8.46. The minimum Gasteiger partial charge on any atom is -0.271 e. The average molecular weight is 415 g/mol. The zero-order valence-corrected chi connectivity index (χ0v) is 15.4. The van der Waals surface area contributed by atoms with Crippen LogP contribution in [0.15, 0.2) is 30.3 Å². The van der Waals surface area contributed by atoms with Gasteiger partial charge in [-0.25, -0.2) is 0 Å². The molecule has 3 N–H and O–H groups in total. The van der Waals surface area contributed by atoms with Crippen molar-refractivity contribution in [2.45, 2.75) is 33.2 Å². The Morgan fingerprint density at radius 2 is 1.76 bits per heavy atom. The van der Waals surface area contributed by atoms with Gasteiger partial charge in [-0.05, 0) is 84.2 Å². The maximum absolute atomic E-state index is 6.23. The number of nitrogens with one attached hydrogen (secondary N) is 1. The van der Waals surface area contributed by atoms with E-state index in [1.807, 2.05) is 12.1 Å². The molecule has 0 heterocycles. The third kappa shape index (κ3) is 3.97. The van der Waals surface area contributed by atoms with E-state index in [4.69, 9.17) is 17.4 Å². The molecule has 1 atom stereocenters. The van der Waals surface area contributed by atoms with E-state index < -0.39 is 0 Å².